The molecule has 174 valence electrons. The van der Waals surface area contributed by atoms with Gasteiger partial charge in [-0.2, -0.15) is 13.2 Å². The van der Waals surface area contributed by atoms with Crippen LogP contribution in [0.1, 0.15) is 35.6 Å². The van der Waals surface area contributed by atoms with Crippen LogP contribution in [0.3, 0.4) is 0 Å². The summed E-state index contributed by atoms with van der Waals surface area (Å²) in [6, 6.07) is 4.42. The molecule has 2 aromatic carbocycles. The second-order valence-corrected chi connectivity index (χ2v) is 7.70. The normalized spacial score (nSPS) is 17.8. The maximum absolute atomic E-state index is 13.5. The first-order chi connectivity index (χ1) is 15.1. The molecule has 0 aromatic heterocycles. The number of nitrogens with zero attached hydrogens (tertiary/aromatic N) is 1. The van der Waals surface area contributed by atoms with E-state index in [9.17, 15) is 23.1 Å². The molecule has 6 nitrogen and oxygen atoms in total. The Hall–Kier alpha value is -2.65. The van der Waals surface area contributed by atoms with Crippen molar-refractivity contribution in [3.05, 3.63) is 52.0 Å². The molecular formula is C22H23ClF3NO5. The quantitative estimate of drug-likeness (QED) is 0.609. The molecule has 32 heavy (non-hydrogen) atoms. The minimum absolute atomic E-state index is 0.0795. The van der Waals surface area contributed by atoms with Crippen LogP contribution in [0.2, 0.25) is 5.02 Å². The summed E-state index contributed by atoms with van der Waals surface area (Å²) < 4.78 is 56.8. The number of aliphatic carboxylic acids is 1. The molecule has 2 aromatic rings. The highest BCUT2D eigenvalue weighted by molar-refractivity contribution is 6.31. The lowest BCUT2D eigenvalue weighted by Crippen LogP contribution is -2.39. The molecule has 2 unspecified atom stereocenters. The maximum atomic E-state index is 13.5. The number of carboxylic acids is 1. The Morgan fingerprint density at radius 1 is 1.09 bits per heavy atom. The largest absolute Gasteiger partial charge is 0.493 e. The first kappa shape index (κ1) is 24.0. The lowest BCUT2D eigenvalue weighted by Gasteiger charge is -2.34. The second kappa shape index (κ2) is 9.46. The average molecular weight is 474 g/mol. The van der Waals surface area contributed by atoms with Crippen LogP contribution in [0.5, 0.6) is 17.2 Å². The van der Waals surface area contributed by atoms with E-state index < -0.39 is 29.8 Å². The maximum Gasteiger partial charge on any atom is 0.416 e. The van der Waals surface area contributed by atoms with Gasteiger partial charge in [0.1, 0.15) is 6.04 Å². The number of carbonyl (C=O) groups is 1. The highest BCUT2D eigenvalue weighted by atomic mass is 35.5. The fraction of sp³-hybridized carbons (Fsp3) is 0.409. The molecule has 0 spiro atoms. The van der Waals surface area contributed by atoms with E-state index in [1.165, 1.54) is 27.4 Å². The van der Waals surface area contributed by atoms with Crippen LogP contribution in [0.25, 0.3) is 0 Å². The molecule has 0 amide bonds. The van der Waals surface area contributed by atoms with Crippen LogP contribution in [-0.4, -0.2) is 49.9 Å². The molecule has 0 saturated carbocycles. The summed E-state index contributed by atoms with van der Waals surface area (Å²) in [5.41, 5.74) is -0.341. The van der Waals surface area contributed by atoms with Crippen molar-refractivity contribution >= 4 is 17.6 Å². The van der Waals surface area contributed by atoms with Crippen LogP contribution < -0.4 is 14.2 Å². The van der Waals surface area contributed by atoms with Gasteiger partial charge < -0.3 is 19.3 Å². The van der Waals surface area contributed by atoms with Gasteiger partial charge in [0.05, 0.1) is 32.9 Å². The second-order valence-electron chi connectivity index (χ2n) is 7.29. The van der Waals surface area contributed by atoms with Crippen LogP contribution >= 0.6 is 11.6 Å². The zero-order valence-corrected chi connectivity index (χ0v) is 18.5. The number of methoxy groups -OCH3 is 3. The van der Waals surface area contributed by atoms with Crippen LogP contribution in [-0.2, 0) is 11.0 Å². The van der Waals surface area contributed by atoms with E-state index in [1.54, 1.807) is 17.0 Å². The standard InChI is InChI=1S/C22H23ClF3NO5/c1-30-17-9-7-13(19(31-2)20(17)32-3)18(27-10-4-5-16(27)21(28)29)14-11-12(22(24,25)26)6-8-15(14)23/h6-9,11,16,18H,4-5,10H2,1-3H3,(H,28,29). The summed E-state index contributed by atoms with van der Waals surface area (Å²) in [5, 5.41) is 9.84. The van der Waals surface area contributed by atoms with Crippen molar-refractivity contribution in [1.29, 1.82) is 0 Å². The predicted molar refractivity (Wildman–Crippen MR) is 112 cm³/mol. The van der Waals surface area contributed by atoms with Gasteiger partial charge in [-0.25, -0.2) is 0 Å². The highest BCUT2D eigenvalue weighted by Gasteiger charge is 2.40. The number of hydrogen-bond acceptors (Lipinski definition) is 5. The van der Waals surface area contributed by atoms with Gasteiger partial charge in [-0.15, -0.1) is 0 Å². The molecule has 2 atom stereocenters. The lowest BCUT2D eigenvalue weighted by molar-refractivity contribution is -0.143. The zero-order chi connectivity index (χ0) is 23.6. The van der Waals surface area contributed by atoms with Crippen LogP contribution in [0, 0.1) is 0 Å². The van der Waals surface area contributed by atoms with Gasteiger partial charge in [0.15, 0.2) is 11.5 Å². The van der Waals surface area contributed by atoms with Gasteiger partial charge in [-0.05, 0) is 48.7 Å². The Kier molecular flexibility index (Phi) is 7.09. The first-order valence-corrected chi connectivity index (χ1v) is 10.2. The van der Waals surface area contributed by atoms with Crippen molar-refractivity contribution in [1.82, 2.24) is 4.90 Å². The van der Waals surface area contributed by atoms with Gasteiger partial charge in [-0.3, -0.25) is 9.69 Å². The predicted octanol–water partition coefficient (Wildman–Crippen LogP) is 5.02. The smallest absolute Gasteiger partial charge is 0.416 e. The Balaban J connectivity index is 2.31. The molecule has 1 N–H and O–H groups in total. The van der Waals surface area contributed by atoms with Crippen molar-refractivity contribution in [2.45, 2.75) is 31.1 Å². The van der Waals surface area contributed by atoms with Gasteiger partial charge in [-0.1, -0.05) is 11.6 Å². The first-order valence-electron chi connectivity index (χ1n) is 9.78. The summed E-state index contributed by atoms with van der Waals surface area (Å²) >= 11 is 6.39. The lowest BCUT2D eigenvalue weighted by atomic mass is 9.93. The SMILES string of the molecule is COc1ccc(C(c2cc(C(F)(F)F)ccc2Cl)N2CCCC2C(=O)O)c(OC)c1OC. The fourth-order valence-corrected chi connectivity index (χ4v) is 4.38. The molecule has 1 saturated heterocycles. The van der Waals surface area contributed by atoms with Gasteiger partial charge in [0.25, 0.3) is 0 Å². The van der Waals surface area contributed by atoms with Crippen molar-refractivity contribution in [3.8, 4) is 17.2 Å². The van der Waals surface area contributed by atoms with Gasteiger partial charge >= 0.3 is 12.1 Å². The van der Waals surface area contributed by atoms with Crippen molar-refractivity contribution < 1.29 is 37.3 Å². The summed E-state index contributed by atoms with van der Waals surface area (Å²) in [5.74, 6) is -0.235. The topological polar surface area (TPSA) is 68.2 Å². The minimum atomic E-state index is -4.59. The summed E-state index contributed by atoms with van der Waals surface area (Å²) in [4.78, 5) is 13.6. The fourth-order valence-electron chi connectivity index (χ4n) is 4.16. The van der Waals surface area contributed by atoms with E-state index in [4.69, 9.17) is 25.8 Å². The Bertz CT molecular complexity index is 998. The molecule has 0 radical (unpaired) electrons. The Labute approximate surface area is 188 Å². The molecule has 1 heterocycles. The van der Waals surface area contributed by atoms with E-state index in [-0.39, 0.29) is 22.1 Å². The van der Waals surface area contributed by atoms with E-state index in [2.05, 4.69) is 0 Å². The van der Waals surface area contributed by atoms with Gasteiger partial charge in [0.2, 0.25) is 5.75 Å². The zero-order valence-electron chi connectivity index (χ0n) is 17.7. The molecule has 0 aliphatic carbocycles. The van der Waals surface area contributed by atoms with Crippen molar-refractivity contribution in [2.75, 3.05) is 27.9 Å². The number of halogens is 4. The molecule has 10 heteroatoms. The minimum Gasteiger partial charge on any atom is -0.493 e. The molecule has 1 aliphatic rings. The number of likely N-dealkylation sites (tertiary alicyclic amines) is 1. The van der Waals surface area contributed by atoms with Crippen LogP contribution in [0.15, 0.2) is 30.3 Å². The van der Waals surface area contributed by atoms with E-state index >= 15 is 0 Å². The monoisotopic (exact) mass is 473 g/mol. The average Bonchev–Trinajstić information content (AvgIpc) is 3.23. The number of rotatable bonds is 7. The Morgan fingerprint density at radius 3 is 2.34 bits per heavy atom. The molecule has 0 bridgehead atoms. The highest BCUT2D eigenvalue weighted by Crippen LogP contribution is 2.48. The number of alkyl halides is 3. The Morgan fingerprint density at radius 2 is 1.78 bits per heavy atom. The number of benzene rings is 2. The van der Waals surface area contributed by atoms with Gasteiger partial charge in [0, 0.05) is 17.1 Å². The number of hydrogen-bond donors (Lipinski definition) is 1. The molecular weight excluding hydrogens is 451 g/mol. The molecule has 1 aliphatic heterocycles. The van der Waals surface area contributed by atoms with E-state index in [0.29, 0.717) is 30.7 Å². The van der Waals surface area contributed by atoms with E-state index in [1.807, 2.05) is 0 Å². The molecule has 1 fully saturated rings. The van der Waals surface area contributed by atoms with Crippen molar-refractivity contribution in [3.63, 3.8) is 0 Å². The third kappa shape index (κ3) is 4.45. The van der Waals surface area contributed by atoms with E-state index in [0.717, 1.165) is 12.1 Å². The number of carboxylic acid groups (broad SMARTS) is 1. The summed E-state index contributed by atoms with van der Waals surface area (Å²) in [7, 11) is 4.25. The number of ether oxygens (including phenoxy) is 3. The molecule has 3 rings (SSSR count). The van der Waals surface area contributed by atoms with Crippen LogP contribution in [0.4, 0.5) is 13.2 Å². The summed E-state index contributed by atoms with van der Waals surface area (Å²) in [6.07, 6.45) is -3.67. The van der Waals surface area contributed by atoms with Crippen molar-refractivity contribution in [2.24, 2.45) is 0 Å². The third-order valence-electron chi connectivity index (χ3n) is 5.56. The third-order valence-corrected chi connectivity index (χ3v) is 5.90. The summed E-state index contributed by atoms with van der Waals surface area (Å²) in [6.45, 7) is 0.353.